The Balaban J connectivity index is 2.12. The highest BCUT2D eigenvalue weighted by Crippen LogP contribution is 2.46. The molecule has 1 N–H and O–H groups in total. The summed E-state index contributed by atoms with van der Waals surface area (Å²) >= 11 is 0. The molecule has 0 saturated heterocycles. The van der Waals surface area contributed by atoms with Gasteiger partial charge in [0.05, 0.1) is 14.2 Å². The van der Waals surface area contributed by atoms with Crippen LogP contribution in [-0.2, 0) is 4.79 Å². The molecular weight excluding hydrogens is 266 g/mol. The molecule has 1 atom stereocenters. The van der Waals surface area contributed by atoms with Crippen LogP contribution < -0.4 is 14.8 Å². The van der Waals surface area contributed by atoms with E-state index in [9.17, 15) is 4.79 Å². The van der Waals surface area contributed by atoms with Crippen LogP contribution in [0.5, 0.6) is 11.5 Å². The van der Waals surface area contributed by atoms with Gasteiger partial charge in [-0.15, -0.1) is 0 Å². The number of rotatable bonds is 8. The van der Waals surface area contributed by atoms with E-state index in [1.54, 1.807) is 14.2 Å². The molecule has 1 aromatic rings. The molecule has 2 rings (SSSR count). The third kappa shape index (κ3) is 4.13. The minimum atomic E-state index is 0.142. The largest absolute Gasteiger partial charge is 0.493 e. The number of benzene rings is 1. The SMILES string of the molecule is CCCNC(=O)CC(c1ccc(OC)c(OC)c1)C1CC1. The van der Waals surface area contributed by atoms with Gasteiger partial charge in [-0.05, 0) is 48.8 Å². The molecule has 1 aliphatic carbocycles. The molecule has 1 saturated carbocycles. The van der Waals surface area contributed by atoms with Crippen LogP contribution >= 0.6 is 0 Å². The molecule has 4 nitrogen and oxygen atoms in total. The van der Waals surface area contributed by atoms with Gasteiger partial charge in [0.15, 0.2) is 11.5 Å². The second kappa shape index (κ2) is 7.34. The van der Waals surface area contributed by atoms with E-state index in [1.807, 2.05) is 12.1 Å². The summed E-state index contributed by atoms with van der Waals surface area (Å²) < 4.78 is 10.6. The molecule has 0 radical (unpaired) electrons. The van der Waals surface area contributed by atoms with Crippen LogP contribution in [-0.4, -0.2) is 26.7 Å². The summed E-state index contributed by atoms with van der Waals surface area (Å²) in [6.45, 7) is 2.81. The molecule has 0 aromatic heterocycles. The third-order valence-corrected chi connectivity index (χ3v) is 4.00. The lowest BCUT2D eigenvalue weighted by atomic mass is 9.90. The van der Waals surface area contributed by atoms with Crippen molar-refractivity contribution in [1.29, 1.82) is 0 Å². The van der Waals surface area contributed by atoms with Crippen LogP contribution in [0.3, 0.4) is 0 Å². The van der Waals surface area contributed by atoms with Gasteiger partial charge < -0.3 is 14.8 Å². The Kier molecular flexibility index (Phi) is 5.48. The summed E-state index contributed by atoms with van der Waals surface area (Å²) in [5, 5.41) is 2.97. The van der Waals surface area contributed by atoms with Crippen molar-refractivity contribution >= 4 is 5.91 Å². The minimum absolute atomic E-state index is 0.142. The Morgan fingerprint density at radius 1 is 1.29 bits per heavy atom. The first-order valence-corrected chi connectivity index (χ1v) is 7.68. The zero-order valence-corrected chi connectivity index (χ0v) is 13.1. The zero-order chi connectivity index (χ0) is 15.2. The van der Waals surface area contributed by atoms with Crippen molar-refractivity contribution in [2.24, 2.45) is 5.92 Å². The molecule has 0 aliphatic heterocycles. The molecule has 0 heterocycles. The van der Waals surface area contributed by atoms with Gasteiger partial charge in [-0.25, -0.2) is 0 Å². The number of hydrogen-bond acceptors (Lipinski definition) is 3. The van der Waals surface area contributed by atoms with E-state index in [0.29, 0.717) is 12.3 Å². The van der Waals surface area contributed by atoms with Crippen molar-refractivity contribution in [3.8, 4) is 11.5 Å². The number of carbonyl (C=O) groups is 1. The van der Waals surface area contributed by atoms with Crippen molar-refractivity contribution in [2.45, 2.75) is 38.5 Å². The highest BCUT2D eigenvalue weighted by molar-refractivity contribution is 5.77. The topological polar surface area (TPSA) is 47.6 Å². The van der Waals surface area contributed by atoms with Crippen molar-refractivity contribution in [2.75, 3.05) is 20.8 Å². The standard InChI is InChI=1S/C17H25NO3/c1-4-9-18-17(19)11-14(12-5-6-12)13-7-8-15(20-2)16(10-13)21-3/h7-8,10,12,14H,4-6,9,11H2,1-3H3,(H,18,19). The monoisotopic (exact) mass is 291 g/mol. The summed E-state index contributed by atoms with van der Waals surface area (Å²) in [5.41, 5.74) is 1.17. The molecule has 0 spiro atoms. The second-order valence-electron chi connectivity index (χ2n) is 5.61. The Hall–Kier alpha value is -1.71. The van der Waals surface area contributed by atoms with Gasteiger partial charge >= 0.3 is 0 Å². The fraction of sp³-hybridized carbons (Fsp3) is 0.588. The Labute approximate surface area is 126 Å². The molecule has 1 aliphatic rings. The lowest BCUT2D eigenvalue weighted by Gasteiger charge is -2.18. The molecule has 1 fully saturated rings. The summed E-state index contributed by atoms with van der Waals surface area (Å²) in [5.74, 6) is 2.50. The average Bonchev–Trinajstić information content (AvgIpc) is 3.34. The zero-order valence-electron chi connectivity index (χ0n) is 13.1. The molecule has 21 heavy (non-hydrogen) atoms. The number of methoxy groups -OCH3 is 2. The predicted molar refractivity (Wildman–Crippen MR) is 82.9 cm³/mol. The smallest absolute Gasteiger partial charge is 0.220 e. The fourth-order valence-electron chi connectivity index (χ4n) is 2.68. The maximum Gasteiger partial charge on any atom is 0.220 e. The number of ether oxygens (including phenoxy) is 2. The lowest BCUT2D eigenvalue weighted by Crippen LogP contribution is -2.26. The summed E-state index contributed by atoms with van der Waals surface area (Å²) in [7, 11) is 3.27. The van der Waals surface area contributed by atoms with Gasteiger partial charge in [-0.3, -0.25) is 4.79 Å². The van der Waals surface area contributed by atoms with Crippen LogP contribution in [0.1, 0.15) is 44.1 Å². The van der Waals surface area contributed by atoms with E-state index in [4.69, 9.17) is 9.47 Å². The van der Waals surface area contributed by atoms with Crippen LogP contribution in [0.25, 0.3) is 0 Å². The van der Waals surface area contributed by atoms with Crippen LogP contribution in [0.4, 0.5) is 0 Å². The molecule has 0 bridgehead atoms. The maximum atomic E-state index is 12.0. The van der Waals surface area contributed by atoms with Gasteiger partial charge in [0.2, 0.25) is 5.91 Å². The molecule has 1 amide bonds. The highest BCUT2D eigenvalue weighted by Gasteiger charge is 2.34. The van der Waals surface area contributed by atoms with Crippen molar-refractivity contribution < 1.29 is 14.3 Å². The molecule has 116 valence electrons. The van der Waals surface area contributed by atoms with Gasteiger partial charge in [0.1, 0.15) is 0 Å². The predicted octanol–water partition coefficient (Wildman–Crippen LogP) is 3.11. The normalized spacial score (nSPS) is 15.4. The van der Waals surface area contributed by atoms with E-state index >= 15 is 0 Å². The summed E-state index contributed by atoms with van der Waals surface area (Å²) in [6.07, 6.45) is 3.94. The first kappa shape index (κ1) is 15.7. The highest BCUT2D eigenvalue weighted by atomic mass is 16.5. The van der Waals surface area contributed by atoms with Gasteiger partial charge in [0.25, 0.3) is 0 Å². The molecule has 1 aromatic carbocycles. The van der Waals surface area contributed by atoms with E-state index < -0.39 is 0 Å². The van der Waals surface area contributed by atoms with Crippen LogP contribution in [0, 0.1) is 5.92 Å². The third-order valence-electron chi connectivity index (χ3n) is 4.00. The number of nitrogens with one attached hydrogen (secondary N) is 1. The van der Waals surface area contributed by atoms with Gasteiger partial charge in [-0.1, -0.05) is 13.0 Å². The lowest BCUT2D eigenvalue weighted by molar-refractivity contribution is -0.121. The summed E-state index contributed by atoms with van der Waals surface area (Å²) in [6, 6.07) is 5.99. The van der Waals surface area contributed by atoms with Crippen molar-refractivity contribution in [1.82, 2.24) is 5.32 Å². The number of carbonyl (C=O) groups excluding carboxylic acids is 1. The Morgan fingerprint density at radius 2 is 2.00 bits per heavy atom. The number of hydrogen-bond donors (Lipinski definition) is 1. The van der Waals surface area contributed by atoms with Crippen LogP contribution in [0.2, 0.25) is 0 Å². The maximum absolute atomic E-state index is 12.0. The van der Waals surface area contributed by atoms with E-state index in [-0.39, 0.29) is 11.8 Å². The number of amides is 1. The Morgan fingerprint density at radius 3 is 2.57 bits per heavy atom. The van der Waals surface area contributed by atoms with E-state index in [0.717, 1.165) is 24.5 Å². The van der Waals surface area contributed by atoms with Crippen LogP contribution in [0.15, 0.2) is 18.2 Å². The van der Waals surface area contributed by atoms with Crippen molar-refractivity contribution in [3.63, 3.8) is 0 Å². The first-order valence-electron chi connectivity index (χ1n) is 7.68. The molecular formula is C17H25NO3. The summed E-state index contributed by atoms with van der Waals surface area (Å²) in [4.78, 5) is 12.0. The van der Waals surface area contributed by atoms with Crippen molar-refractivity contribution in [3.05, 3.63) is 23.8 Å². The minimum Gasteiger partial charge on any atom is -0.493 e. The van der Waals surface area contributed by atoms with Gasteiger partial charge in [0, 0.05) is 13.0 Å². The second-order valence-corrected chi connectivity index (χ2v) is 5.61. The molecule has 4 heteroatoms. The fourth-order valence-corrected chi connectivity index (χ4v) is 2.68. The van der Waals surface area contributed by atoms with E-state index in [2.05, 4.69) is 18.3 Å². The Bertz CT molecular complexity index is 483. The average molecular weight is 291 g/mol. The van der Waals surface area contributed by atoms with Gasteiger partial charge in [-0.2, -0.15) is 0 Å². The first-order chi connectivity index (χ1) is 10.2. The van der Waals surface area contributed by atoms with E-state index in [1.165, 1.54) is 18.4 Å². The molecule has 1 unspecified atom stereocenters. The quantitative estimate of drug-likeness (QED) is 0.800.